The van der Waals surface area contributed by atoms with E-state index in [2.05, 4.69) is 5.32 Å². The molecule has 0 aliphatic carbocycles. The zero-order chi connectivity index (χ0) is 19.6. The van der Waals surface area contributed by atoms with Crippen molar-refractivity contribution in [2.24, 2.45) is 0 Å². The first-order chi connectivity index (χ1) is 13.1. The van der Waals surface area contributed by atoms with E-state index in [9.17, 15) is 4.79 Å². The van der Waals surface area contributed by atoms with Gasteiger partial charge in [0.1, 0.15) is 5.75 Å². The first kappa shape index (κ1) is 20.6. The van der Waals surface area contributed by atoms with Gasteiger partial charge in [0.25, 0.3) is 5.91 Å². The molecular formula is C22H29NO4. The monoisotopic (exact) mass is 371 g/mol. The van der Waals surface area contributed by atoms with E-state index in [1.165, 1.54) is 0 Å². The molecule has 0 unspecified atom stereocenters. The molecule has 0 saturated heterocycles. The van der Waals surface area contributed by atoms with Crippen LogP contribution >= 0.6 is 0 Å². The standard InChI is InChI=1S/C22H29NO4/c1-5-19(27-18-10-8-9-16(4)13-18)22(24)23-15-17-11-12-20(25-6-2)21(14-17)26-7-3/h8-14,19H,5-7,15H2,1-4H3,(H,23,24)/t19-/m1/s1. The predicted molar refractivity (Wildman–Crippen MR) is 107 cm³/mol. The Morgan fingerprint density at radius 2 is 1.74 bits per heavy atom. The quantitative estimate of drug-likeness (QED) is 0.678. The van der Waals surface area contributed by atoms with Crippen molar-refractivity contribution in [2.75, 3.05) is 13.2 Å². The minimum absolute atomic E-state index is 0.133. The number of carbonyl (C=O) groups excluding carboxylic acids is 1. The highest BCUT2D eigenvalue weighted by Gasteiger charge is 2.18. The van der Waals surface area contributed by atoms with Gasteiger partial charge in [-0.05, 0) is 62.6 Å². The summed E-state index contributed by atoms with van der Waals surface area (Å²) in [6.07, 6.45) is 0.0635. The Kier molecular flexibility index (Phi) is 7.99. The van der Waals surface area contributed by atoms with Gasteiger partial charge in [-0.2, -0.15) is 0 Å². The third-order valence-corrected chi connectivity index (χ3v) is 4.01. The number of hydrogen-bond donors (Lipinski definition) is 1. The van der Waals surface area contributed by atoms with Gasteiger partial charge in [-0.1, -0.05) is 25.1 Å². The maximum absolute atomic E-state index is 12.5. The Hall–Kier alpha value is -2.69. The van der Waals surface area contributed by atoms with Crippen molar-refractivity contribution in [3.63, 3.8) is 0 Å². The lowest BCUT2D eigenvalue weighted by Crippen LogP contribution is -2.37. The van der Waals surface area contributed by atoms with Crippen molar-refractivity contribution in [1.29, 1.82) is 0 Å². The lowest BCUT2D eigenvalue weighted by molar-refractivity contribution is -0.128. The first-order valence-electron chi connectivity index (χ1n) is 9.46. The summed E-state index contributed by atoms with van der Waals surface area (Å²) in [6.45, 7) is 9.32. The molecule has 2 aromatic carbocycles. The molecule has 0 heterocycles. The maximum atomic E-state index is 12.5. The van der Waals surface area contributed by atoms with Gasteiger partial charge >= 0.3 is 0 Å². The molecule has 1 amide bonds. The van der Waals surface area contributed by atoms with Crippen LogP contribution in [0.3, 0.4) is 0 Å². The van der Waals surface area contributed by atoms with Crippen molar-refractivity contribution in [3.05, 3.63) is 53.6 Å². The van der Waals surface area contributed by atoms with Gasteiger partial charge in [-0.3, -0.25) is 4.79 Å². The van der Waals surface area contributed by atoms with Gasteiger partial charge in [-0.15, -0.1) is 0 Å². The zero-order valence-corrected chi connectivity index (χ0v) is 16.6. The molecule has 0 radical (unpaired) electrons. The fourth-order valence-electron chi connectivity index (χ4n) is 2.68. The van der Waals surface area contributed by atoms with Gasteiger partial charge < -0.3 is 19.5 Å². The van der Waals surface area contributed by atoms with Crippen LogP contribution < -0.4 is 19.5 Å². The SMILES string of the molecule is CCOc1ccc(CNC(=O)[C@@H](CC)Oc2cccc(C)c2)cc1OCC. The number of benzene rings is 2. The molecule has 0 aliphatic rings. The van der Waals surface area contributed by atoms with Crippen LogP contribution in [-0.4, -0.2) is 25.2 Å². The highest BCUT2D eigenvalue weighted by molar-refractivity contribution is 5.81. The van der Waals surface area contributed by atoms with Crippen LogP contribution in [0.5, 0.6) is 17.2 Å². The summed E-state index contributed by atoms with van der Waals surface area (Å²) in [6, 6.07) is 13.4. The van der Waals surface area contributed by atoms with E-state index >= 15 is 0 Å². The van der Waals surface area contributed by atoms with Crippen LogP contribution in [0.1, 0.15) is 38.3 Å². The summed E-state index contributed by atoms with van der Waals surface area (Å²) in [4.78, 5) is 12.5. The number of aryl methyl sites for hydroxylation is 1. The molecule has 0 bridgehead atoms. The molecule has 0 spiro atoms. The number of carbonyl (C=O) groups is 1. The summed E-state index contributed by atoms with van der Waals surface area (Å²) in [5.41, 5.74) is 2.04. The van der Waals surface area contributed by atoms with Gasteiger partial charge in [0.05, 0.1) is 13.2 Å². The molecule has 0 aliphatic heterocycles. The molecule has 27 heavy (non-hydrogen) atoms. The van der Waals surface area contributed by atoms with E-state index in [-0.39, 0.29) is 5.91 Å². The van der Waals surface area contributed by atoms with Crippen LogP contribution in [0.25, 0.3) is 0 Å². The summed E-state index contributed by atoms with van der Waals surface area (Å²) in [5.74, 6) is 1.97. The average Bonchev–Trinajstić information content (AvgIpc) is 2.66. The molecule has 1 atom stereocenters. The second-order valence-electron chi connectivity index (χ2n) is 6.20. The molecular weight excluding hydrogens is 342 g/mol. The number of amides is 1. The minimum Gasteiger partial charge on any atom is -0.490 e. The van der Waals surface area contributed by atoms with E-state index < -0.39 is 6.10 Å². The molecule has 0 saturated carbocycles. The van der Waals surface area contributed by atoms with Crippen LogP contribution in [0, 0.1) is 6.92 Å². The highest BCUT2D eigenvalue weighted by atomic mass is 16.5. The zero-order valence-electron chi connectivity index (χ0n) is 16.6. The molecule has 1 N–H and O–H groups in total. The molecule has 0 fully saturated rings. The number of hydrogen-bond acceptors (Lipinski definition) is 4. The van der Waals surface area contributed by atoms with E-state index in [4.69, 9.17) is 14.2 Å². The summed E-state index contributed by atoms with van der Waals surface area (Å²) in [5, 5.41) is 2.95. The lowest BCUT2D eigenvalue weighted by Gasteiger charge is -2.18. The third-order valence-electron chi connectivity index (χ3n) is 4.01. The van der Waals surface area contributed by atoms with Crippen molar-refractivity contribution < 1.29 is 19.0 Å². The average molecular weight is 371 g/mol. The molecule has 2 rings (SSSR count). The number of ether oxygens (including phenoxy) is 3. The van der Waals surface area contributed by atoms with Crippen molar-refractivity contribution in [3.8, 4) is 17.2 Å². The van der Waals surface area contributed by atoms with Crippen molar-refractivity contribution in [1.82, 2.24) is 5.32 Å². The normalized spacial score (nSPS) is 11.6. The second kappa shape index (κ2) is 10.5. The third kappa shape index (κ3) is 6.20. The van der Waals surface area contributed by atoms with E-state index in [1.54, 1.807) is 0 Å². The molecule has 2 aromatic rings. The fraction of sp³-hybridized carbons (Fsp3) is 0.409. The van der Waals surface area contributed by atoms with Crippen LogP contribution in [0.2, 0.25) is 0 Å². The predicted octanol–water partition coefficient (Wildman–Crippen LogP) is 4.27. The first-order valence-corrected chi connectivity index (χ1v) is 9.46. The Labute approximate surface area is 161 Å². The lowest BCUT2D eigenvalue weighted by atomic mass is 10.2. The largest absolute Gasteiger partial charge is 0.490 e. The van der Waals surface area contributed by atoms with Gasteiger partial charge in [-0.25, -0.2) is 0 Å². The Balaban J connectivity index is 1.99. The van der Waals surface area contributed by atoms with Gasteiger partial charge in [0.2, 0.25) is 0 Å². The number of rotatable bonds is 10. The Morgan fingerprint density at radius 3 is 2.41 bits per heavy atom. The maximum Gasteiger partial charge on any atom is 0.261 e. The van der Waals surface area contributed by atoms with E-state index in [0.29, 0.717) is 43.4 Å². The van der Waals surface area contributed by atoms with E-state index in [1.807, 2.05) is 70.2 Å². The van der Waals surface area contributed by atoms with Crippen LogP contribution in [0.15, 0.2) is 42.5 Å². The Morgan fingerprint density at radius 1 is 1.00 bits per heavy atom. The van der Waals surface area contributed by atoms with Crippen LogP contribution in [-0.2, 0) is 11.3 Å². The summed E-state index contributed by atoms with van der Waals surface area (Å²) < 4.78 is 17.1. The van der Waals surface area contributed by atoms with Crippen molar-refractivity contribution in [2.45, 2.75) is 46.8 Å². The summed E-state index contributed by atoms with van der Waals surface area (Å²) in [7, 11) is 0. The smallest absolute Gasteiger partial charge is 0.261 e. The van der Waals surface area contributed by atoms with E-state index in [0.717, 1.165) is 11.1 Å². The number of nitrogens with one attached hydrogen (secondary N) is 1. The fourth-order valence-corrected chi connectivity index (χ4v) is 2.68. The molecule has 5 heteroatoms. The molecule has 146 valence electrons. The van der Waals surface area contributed by atoms with Gasteiger partial charge in [0, 0.05) is 6.54 Å². The highest BCUT2D eigenvalue weighted by Crippen LogP contribution is 2.28. The van der Waals surface area contributed by atoms with Gasteiger partial charge in [0.15, 0.2) is 17.6 Å². The van der Waals surface area contributed by atoms with Crippen LogP contribution in [0.4, 0.5) is 0 Å². The second-order valence-corrected chi connectivity index (χ2v) is 6.20. The van der Waals surface area contributed by atoms with Crippen molar-refractivity contribution >= 4 is 5.91 Å². The molecule has 0 aromatic heterocycles. The molecule has 5 nitrogen and oxygen atoms in total. The topological polar surface area (TPSA) is 56.8 Å². The minimum atomic E-state index is -0.527. The Bertz CT molecular complexity index is 745. The summed E-state index contributed by atoms with van der Waals surface area (Å²) >= 11 is 0.